The zero-order chi connectivity index (χ0) is 14.9. The molecule has 2 unspecified atom stereocenters. The van der Waals surface area contributed by atoms with Gasteiger partial charge in [0.1, 0.15) is 12.2 Å². The minimum atomic E-state index is -3.78. The maximum absolute atomic E-state index is 11.4. The van der Waals surface area contributed by atoms with E-state index in [0.717, 1.165) is 0 Å². The molecular formula is C12H19N3O4S. The first-order chi connectivity index (χ1) is 9.35. The first-order valence-electron chi connectivity index (χ1n) is 6.09. The Labute approximate surface area is 118 Å². The minimum absolute atomic E-state index is 0.00216. The molecule has 1 heterocycles. The summed E-state index contributed by atoms with van der Waals surface area (Å²) in [6.45, 7) is 1.20. The Kier molecular flexibility index (Phi) is 4.19. The average Bonchev–Trinajstić information content (AvgIpc) is 2.80. The van der Waals surface area contributed by atoms with Gasteiger partial charge in [0.15, 0.2) is 0 Å². The highest BCUT2D eigenvalue weighted by atomic mass is 32.2. The molecule has 1 aliphatic heterocycles. The lowest BCUT2D eigenvalue weighted by molar-refractivity contribution is -0.00461. The Balaban J connectivity index is 2.32. The van der Waals surface area contributed by atoms with E-state index in [-0.39, 0.29) is 17.1 Å². The summed E-state index contributed by atoms with van der Waals surface area (Å²) in [5.74, 6) is 0. The molecule has 0 aromatic heterocycles. The zero-order valence-corrected chi connectivity index (χ0v) is 12.3. The monoisotopic (exact) mass is 301 g/mol. The van der Waals surface area contributed by atoms with Gasteiger partial charge in [0.25, 0.3) is 0 Å². The fourth-order valence-electron chi connectivity index (χ4n) is 2.36. The second kappa shape index (κ2) is 5.57. The number of sulfonamides is 1. The van der Waals surface area contributed by atoms with Crippen LogP contribution >= 0.6 is 0 Å². The van der Waals surface area contributed by atoms with Crippen molar-refractivity contribution in [1.82, 2.24) is 0 Å². The van der Waals surface area contributed by atoms with Crippen molar-refractivity contribution in [2.24, 2.45) is 5.14 Å². The molecule has 20 heavy (non-hydrogen) atoms. The molecule has 1 fully saturated rings. The minimum Gasteiger partial charge on any atom is -0.399 e. The maximum atomic E-state index is 11.4. The average molecular weight is 301 g/mol. The van der Waals surface area contributed by atoms with Crippen LogP contribution < -0.4 is 15.8 Å². The quantitative estimate of drug-likeness (QED) is 0.744. The molecule has 0 radical (unpaired) electrons. The Bertz CT molecular complexity index is 578. The van der Waals surface area contributed by atoms with Gasteiger partial charge in [-0.2, -0.15) is 0 Å². The largest absolute Gasteiger partial charge is 0.399 e. The highest BCUT2D eigenvalue weighted by Crippen LogP contribution is 2.27. The summed E-state index contributed by atoms with van der Waals surface area (Å²) in [5, 5.41) is 5.15. The van der Waals surface area contributed by atoms with E-state index in [2.05, 4.69) is 0 Å². The van der Waals surface area contributed by atoms with Crippen LogP contribution in [0, 0.1) is 0 Å². The summed E-state index contributed by atoms with van der Waals surface area (Å²) < 4.78 is 33.6. The predicted molar refractivity (Wildman–Crippen MR) is 76.0 cm³/mol. The Morgan fingerprint density at radius 2 is 1.70 bits per heavy atom. The van der Waals surface area contributed by atoms with Gasteiger partial charge in [0, 0.05) is 38.7 Å². The molecular weight excluding hydrogens is 282 g/mol. The normalized spacial score (nSPS) is 23.2. The molecule has 8 heteroatoms. The van der Waals surface area contributed by atoms with Gasteiger partial charge >= 0.3 is 0 Å². The lowest BCUT2D eigenvalue weighted by Gasteiger charge is -2.19. The van der Waals surface area contributed by atoms with E-state index in [9.17, 15) is 8.42 Å². The first kappa shape index (κ1) is 15.0. The molecule has 2 atom stereocenters. The third-order valence-corrected chi connectivity index (χ3v) is 4.32. The van der Waals surface area contributed by atoms with E-state index in [1.807, 2.05) is 4.90 Å². The summed E-state index contributed by atoms with van der Waals surface area (Å²) in [5.41, 5.74) is 6.79. The third-order valence-electron chi connectivity index (χ3n) is 3.43. The van der Waals surface area contributed by atoms with Crippen molar-refractivity contribution in [3.63, 3.8) is 0 Å². The molecule has 2 rings (SSSR count). The second-order valence-corrected chi connectivity index (χ2v) is 6.32. The summed E-state index contributed by atoms with van der Waals surface area (Å²) in [6.07, 6.45) is -0.140. The molecule has 0 aliphatic carbocycles. The summed E-state index contributed by atoms with van der Waals surface area (Å²) in [4.78, 5) is 1.97. The fourth-order valence-corrected chi connectivity index (χ4v) is 2.95. The lowest BCUT2D eigenvalue weighted by Crippen LogP contribution is -2.27. The second-order valence-electron chi connectivity index (χ2n) is 4.76. The highest BCUT2D eigenvalue weighted by molar-refractivity contribution is 7.89. The van der Waals surface area contributed by atoms with Crippen molar-refractivity contribution in [2.75, 3.05) is 37.9 Å². The topological polar surface area (TPSA) is 108 Å². The molecule has 0 spiro atoms. The third kappa shape index (κ3) is 3.04. The van der Waals surface area contributed by atoms with Gasteiger partial charge in [-0.3, -0.25) is 0 Å². The van der Waals surface area contributed by atoms with Gasteiger partial charge in [-0.25, -0.2) is 13.6 Å². The standard InChI is InChI=1S/C12H19N3O4S/c1-18-11-6-15(7-12(11)19-2)9-3-8(13)4-10(5-9)20(14,16)17/h3-5,11-12H,6-7,13H2,1-2H3,(H2,14,16,17). The van der Waals surface area contributed by atoms with Crippen molar-refractivity contribution in [3.05, 3.63) is 18.2 Å². The number of nitrogens with zero attached hydrogens (tertiary/aromatic N) is 1. The van der Waals surface area contributed by atoms with E-state index < -0.39 is 10.0 Å². The molecule has 7 nitrogen and oxygen atoms in total. The molecule has 1 aromatic carbocycles. The molecule has 1 aromatic rings. The molecule has 0 amide bonds. The van der Waals surface area contributed by atoms with Gasteiger partial charge < -0.3 is 20.1 Å². The van der Waals surface area contributed by atoms with Crippen molar-refractivity contribution in [3.8, 4) is 0 Å². The number of nitrogens with two attached hydrogens (primary N) is 2. The number of primary sulfonamides is 1. The Morgan fingerprint density at radius 3 is 2.15 bits per heavy atom. The summed E-state index contributed by atoms with van der Waals surface area (Å²) >= 11 is 0. The number of methoxy groups -OCH3 is 2. The Hall–Kier alpha value is -1.35. The van der Waals surface area contributed by atoms with Crippen LogP contribution in [-0.4, -0.2) is 47.9 Å². The van der Waals surface area contributed by atoms with Crippen LogP contribution in [0.15, 0.2) is 23.1 Å². The molecule has 0 saturated carbocycles. The number of hydrogen-bond acceptors (Lipinski definition) is 6. The van der Waals surface area contributed by atoms with Gasteiger partial charge in [-0.15, -0.1) is 0 Å². The van der Waals surface area contributed by atoms with E-state index in [0.29, 0.717) is 24.5 Å². The van der Waals surface area contributed by atoms with Crippen LogP contribution in [0.4, 0.5) is 11.4 Å². The molecule has 1 saturated heterocycles. The number of hydrogen-bond donors (Lipinski definition) is 2. The molecule has 1 aliphatic rings. The number of ether oxygens (including phenoxy) is 2. The van der Waals surface area contributed by atoms with Gasteiger partial charge in [-0.1, -0.05) is 0 Å². The molecule has 112 valence electrons. The number of rotatable bonds is 4. The maximum Gasteiger partial charge on any atom is 0.238 e. The SMILES string of the molecule is COC1CN(c2cc(N)cc(S(N)(=O)=O)c2)CC1OC. The summed E-state index contributed by atoms with van der Waals surface area (Å²) in [6, 6.07) is 4.56. The van der Waals surface area contributed by atoms with E-state index in [1.54, 1.807) is 20.3 Å². The van der Waals surface area contributed by atoms with Gasteiger partial charge in [-0.05, 0) is 18.2 Å². The van der Waals surface area contributed by atoms with Crippen LogP contribution in [0.5, 0.6) is 0 Å². The lowest BCUT2D eigenvalue weighted by atomic mass is 10.2. The van der Waals surface area contributed by atoms with Crippen LogP contribution in [0.3, 0.4) is 0 Å². The van der Waals surface area contributed by atoms with E-state index >= 15 is 0 Å². The van der Waals surface area contributed by atoms with E-state index in [4.69, 9.17) is 20.3 Å². The number of benzene rings is 1. The van der Waals surface area contributed by atoms with Crippen LogP contribution in [0.25, 0.3) is 0 Å². The highest BCUT2D eigenvalue weighted by Gasteiger charge is 2.33. The zero-order valence-electron chi connectivity index (χ0n) is 11.4. The number of anilines is 2. The van der Waals surface area contributed by atoms with Crippen molar-refractivity contribution in [1.29, 1.82) is 0 Å². The fraction of sp³-hybridized carbons (Fsp3) is 0.500. The van der Waals surface area contributed by atoms with Crippen LogP contribution in [0.2, 0.25) is 0 Å². The smallest absolute Gasteiger partial charge is 0.238 e. The summed E-state index contributed by atoms with van der Waals surface area (Å²) in [7, 11) is -0.544. The van der Waals surface area contributed by atoms with Crippen LogP contribution in [0.1, 0.15) is 0 Å². The Morgan fingerprint density at radius 1 is 1.15 bits per heavy atom. The van der Waals surface area contributed by atoms with Gasteiger partial charge in [0.05, 0.1) is 4.90 Å². The molecule has 4 N–H and O–H groups in total. The van der Waals surface area contributed by atoms with Gasteiger partial charge in [0.2, 0.25) is 10.0 Å². The molecule has 0 bridgehead atoms. The van der Waals surface area contributed by atoms with E-state index in [1.165, 1.54) is 12.1 Å². The first-order valence-corrected chi connectivity index (χ1v) is 7.63. The van der Waals surface area contributed by atoms with Crippen LogP contribution in [-0.2, 0) is 19.5 Å². The van der Waals surface area contributed by atoms with Crippen molar-refractivity contribution in [2.45, 2.75) is 17.1 Å². The number of nitrogen functional groups attached to an aromatic ring is 1. The van der Waals surface area contributed by atoms with Crippen molar-refractivity contribution < 1.29 is 17.9 Å². The van der Waals surface area contributed by atoms with Crippen molar-refractivity contribution >= 4 is 21.4 Å². The predicted octanol–water partition coefficient (Wildman–Crippen LogP) is -0.234.